The number of aryl methyl sites for hydroxylation is 2. The van der Waals surface area contributed by atoms with Crippen LogP contribution in [0.1, 0.15) is 34.5 Å². The van der Waals surface area contributed by atoms with Crippen molar-refractivity contribution in [1.29, 1.82) is 5.26 Å². The minimum atomic E-state index is 0.0823. The van der Waals surface area contributed by atoms with E-state index in [0.29, 0.717) is 30.6 Å². The highest BCUT2D eigenvalue weighted by atomic mass is 16.5. The minimum Gasteiger partial charge on any atom is -0.378 e. The maximum atomic E-state index is 13.0. The lowest BCUT2D eigenvalue weighted by atomic mass is 10.1. The first-order valence-corrected chi connectivity index (χ1v) is 10.9. The second kappa shape index (κ2) is 9.37. The molecule has 1 aliphatic heterocycles. The third-order valence-corrected chi connectivity index (χ3v) is 6.09. The summed E-state index contributed by atoms with van der Waals surface area (Å²) < 4.78 is 7.16. The number of benzene rings is 1. The van der Waals surface area contributed by atoms with Crippen molar-refractivity contribution < 1.29 is 9.53 Å². The minimum absolute atomic E-state index is 0.0823. The smallest absolute Gasteiger partial charge is 0.222 e. The third kappa shape index (κ3) is 4.30. The zero-order valence-corrected chi connectivity index (χ0v) is 18.8. The van der Waals surface area contributed by atoms with Gasteiger partial charge in [0, 0.05) is 50.2 Å². The van der Waals surface area contributed by atoms with Gasteiger partial charge in [0.1, 0.15) is 11.6 Å². The zero-order valence-electron chi connectivity index (χ0n) is 18.8. The maximum Gasteiger partial charge on any atom is 0.222 e. The Morgan fingerprint density at radius 2 is 2.00 bits per heavy atom. The molecule has 3 aromatic rings. The molecule has 4 rings (SSSR count). The van der Waals surface area contributed by atoms with E-state index >= 15 is 0 Å². The second-order valence-corrected chi connectivity index (χ2v) is 8.14. The Kier molecular flexibility index (Phi) is 6.37. The fourth-order valence-corrected chi connectivity index (χ4v) is 4.28. The summed E-state index contributed by atoms with van der Waals surface area (Å²) in [7, 11) is 1.85. The van der Waals surface area contributed by atoms with Crippen molar-refractivity contribution in [2.45, 2.75) is 33.2 Å². The number of carbonyl (C=O) groups is 1. The van der Waals surface area contributed by atoms with Crippen LogP contribution in [0.15, 0.2) is 30.5 Å². The number of fused-ring (bicyclic) bond motifs is 1. The van der Waals surface area contributed by atoms with Crippen LogP contribution >= 0.6 is 0 Å². The lowest BCUT2D eigenvalue weighted by Gasteiger charge is -2.31. The molecule has 0 aliphatic carbocycles. The Morgan fingerprint density at radius 1 is 1.25 bits per heavy atom. The largest absolute Gasteiger partial charge is 0.378 e. The normalized spacial score (nSPS) is 13.9. The van der Waals surface area contributed by atoms with Gasteiger partial charge in [0.25, 0.3) is 0 Å². The quantitative estimate of drug-likeness (QED) is 0.595. The number of hydrogen-bond donors (Lipinski definition) is 0. The zero-order chi connectivity index (χ0) is 22.7. The van der Waals surface area contributed by atoms with E-state index in [1.165, 1.54) is 11.9 Å². The van der Waals surface area contributed by atoms with Gasteiger partial charge >= 0.3 is 0 Å². The molecule has 0 N–H and O–H groups in total. The number of hydrogen-bond acceptors (Lipinski definition) is 6. The number of anilines is 1. The van der Waals surface area contributed by atoms with Gasteiger partial charge in [0.2, 0.25) is 5.91 Å². The van der Waals surface area contributed by atoms with Crippen molar-refractivity contribution in [3.05, 3.63) is 58.5 Å². The number of nitrogens with zero attached hydrogens (tertiary/aromatic N) is 6. The first kappa shape index (κ1) is 21.8. The summed E-state index contributed by atoms with van der Waals surface area (Å²) in [5, 5.41) is 13.5. The van der Waals surface area contributed by atoms with Crippen LogP contribution in [-0.2, 0) is 22.5 Å². The average molecular weight is 433 g/mol. The topological polar surface area (TPSA) is 86.8 Å². The van der Waals surface area contributed by atoms with Crippen LogP contribution in [0.25, 0.3) is 5.65 Å². The van der Waals surface area contributed by atoms with Crippen molar-refractivity contribution >= 4 is 17.2 Å². The molecule has 0 radical (unpaired) electrons. The van der Waals surface area contributed by atoms with E-state index in [2.05, 4.69) is 33.2 Å². The van der Waals surface area contributed by atoms with E-state index in [9.17, 15) is 10.1 Å². The van der Waals surface area contributed by atoms with Gasteiger partial charge in [0.05, 0.1) is 19.4 Å². The van der Waals surface area contributed by atoms with Gasteiger partial charge in [0.15, 0.2) is 5.65 Å². The molecule has 2 aromatic heterocycles. The van der Waals surface area contributed by atoms with Crippen LogP contribution in [0.5, 0.6) is 0 Å². The summed E-state index contributed by atoms with van der Waals surface area (Å²) in [5.74, 6) is 0.0823. The van der Waals surface area contributed by atoms with Gasteiger partial charge in [-0.25, -0.2) is 9.50 Å². The molecule has 0 unspecified atom stereocenters. The predicted molar refractivity (Wildman–Crippen MR) is 121 cm³/mol. The number of morpholine rings is 1. The van der Waals surface area contributed by atoms with Crippen LogP contribution in [-0.4, -0.2) is 58.8 Å². The highest BCUT2D eigenvalue weighted by Crippen LogP contribution is 2.23. The SMILES string of the molecule is Cc1nc2c(C#N)cnn2c(C)c1CCC(=O)N(C)Cc1ccccc1N1CCOCC1. The number of aromatic nitrogens is 3. The van der Waals surface area contributed by atoms with Crippen molar-refractivity contribution in [2.75, 3.05) is 38.3 Å². The Hall–Kier alpha value is -3.44. The lowest BCUT2D eigenvalue weighted by Crippen LogP contribution is -2.37. The number of para-hydroxylation sites is 1. The highest BCUT2D eigenvalue weighted by Gasteiger charge is 2.19. The molecule has 1 aliphatic rings. The van der Waals surface area contributed by atoms with Gasteiger partial charge in [-0.05, 0) is 37.5 Å². The van der Waals surface area contributed by atoms with Crippen LogP contribution in [0.4, 0.5) is 5.69 Å². The molecule has 8 nitrogen and oxygen atoms in total. The summed E-state index contributed by atoms with van der Waals surface area (Å²) >= 11 is 0. The van der Waals surface area contributed by atoms with E-state index in [1.54, 1.807) is 9.42 Å². The van der Waals surface area contributed by atoms with Crippen LogP contribution < -0.4 is 4.90 Å². The fraction of sp³-hybridized carbons (Fsp3) is 0.417. The van der Waals surface area contributed by atoms with Gasteiger partial charge in [-0.2, -0.15) is 10.4 Å². The Bertz CT molecular complexity index is 1170. The first-order valence-electron chi connectivity index (χ1n) is 10.9. The van der Waals surface area contributed by atoms with Gasteiger partial charge < -0.3 is 14.5 Å². The Morgan fingerprint density at radius 3 is 2.75 bits per heavy atom. The monoisotopic (exact) mass is 432 g/mol. The molecule has 1 fully saturated rings. The number of ether oxygens (including phenoxy) is 1. The van der Waals surface area contributed by atoms with Crippen molar-refractivity contribution in [3.63, 3.8) is 0 Å². The Labute approximate surface area is 188 Å². The molecular formula is C24H28N6O2. The summed E-state index contributed by atoms with van der Waals surface area (Å²) in [4.78, 5) is 21.6. The summed E-state index contributed by atoms with van der Waals surface area (Å²) in [6, 6.07) is 10.4. The lowest BCUT2D eigenvalue weighted by molar-refractivity contribution is -0.130. The van der Waals surface area contributed by atoms with E-state index in [1.807, 2.05) is 33.0 Å². The van der Waals surface area contributed by atoms with E-state index in [-0.39, 0.29) is 5.91 Å². The number of rotatable bonds is 6. The van der Waals surface area contributed by atoms with Crippen molar-refractivity contribution in [3.8, 4) is 6.07 Å². The maximum absolute atomic E-state index is 13.0. The van der Waals surface area contributed by atoms with E-state index < -0.39 is 0 Å². The van der Waals surface area contributed by atoms with Crippen LogP contribution in [0, 0.1) is 25.2 Å². The molecule has 0 saturated carbocycles. The third-order valence-electron chi connectivity index (χ3n) is 6.09. The highest BCUT2D eigenvalue weighted by molar-refractivity contribution is 5.76. The van der Waals surface area contributed by atoms with Crippen molar-refractivity contribution in [2.24, 2.45) is 0 Å². The second-order valence-electron chi connectivity index (χ2n) is 8.14. The molecule has 32 heavy (non-hydrogen) atoms. The summed E-state index contributed by atoms with van der Waals surface area (Å²) in [6.45, 7) is 7.62. The van der Waals surface area contributed by atoms with Crippen molar-refractivity contribution in [1.82, 2.24) is 19.5 Å². The molecule has 0 bridgehead atoms. The molecule has 1 saturated heterocycles. The first-order chi connectivity index (χ1) is 15.5. The summed E-state index contributed by atoms with van der Waals surface area (Å²) in [6.07, 6.45) is 2.50. The average Bonchev–Trinajstić information content (AvgIpc) is 3.22. The molecule has 166 valence electrons. The number of amides is 1. The molecular weight excluding hydrogens is 404 g/mol. The fourth-order valence-electron chi connectivity index (χ4n) is 4.28. The molecule has 1 aromatic carbocycles. The van der Waals surface area contributed by atoms with Gasteiger partial charge in [-0.15, -0.1) is 0 Å². The molecule has 0 atom stereocenters. The Balaban J connectivity index is 1.45. The molecule has 1 amide bonds. The summed E-state index contributed by atoms with van der Waals surface area (Å²) in [5.41, 5.74) is 6.08. The molecule has 3 heterocycles. The van der Waals surface area contributed by atoms with Crippen LogP contribution in [0.3, 0.4) is 0 Å². The van der Waals surface area contributed by atoms with Gasteiger partial charge in [-0.1, -0.05) is 18.2 Å². The number of carbonyl (C=O) groups excluding carboxylic acids is 1. The standard InChI is InChI=1S/C24H28N6O2/c1-17-21(18(2)30-24(27-17)20(14-25)15-26-30)8-9-23(31)28(3)16-19-6-4-5-7-22(19)29-10-12-32-13-11-29/h4-7,15H,8-13,16H2,1-3H3. The van der Waals surface area contributed by atoms with Gasteiger partial charge in [-0.3, -0.25) is 4.79 Å². The number of nitriles is 1. The van der Waals surface area contributed by atoms with E-state index in [4.69, 9.17) is 4.74 Å². The predicted octanol–water partition coefficient (Wildman–Crippen LogP) is 2.65. The van der Waals surface area contributed by atoms with E-state index in [0.717, 1.165) is 48.8 Å². The molecule has 0 spiro atoms. The molecule has 8 heteroatoms. The van der Waals surface area contributed by atoms with Crippen LogP contribution in [0.2, 0.25) is 0 Å².